The Hall–Kier alpha value is -1.35. The average molecular weight is 287 g/mol. The van der Waals surface area contributed by atoms with Gasteiger partial charge >= 0.3 is 0 Å². The van der Waals surface area contributed by atoms with Crippen LogP contribution in [0.2, 0.25) is 0 Å². The molecule has 2 fully saturated rings. The molecule has 3 heteroatoms. The maximum atomic E-state index is 12.7. The summed E-state index contributed by atoms with van der Waals surface area (Å²) in [4.78, 5) is 15.3. The molecule has 1 atom stereocenters. The summed E-state index contributed by atoms with van der Waals surface area (Å²) in [7, 11) is 1.64. The molecule has 2 aliphatic rings. The lowest BCUT2D eigenvalue weighted by molar-refractivity contribution is 0.0757. The van der Waals surface area contributed by atoms with E-state index < -0.39 is 0 Å². The van der Waals surface area contributed by atoms with Gasteiger partial charge in [0.1, 0.15) is 5.75 Å². The molecule has 3 nitrogen and oxygen atoms in total. The molecule has 3 rings (SSSR count). The summed E-state index contributed by atoms with van der Waals surface area (Å²) >= 11 is 0. The molecule has 0 aromatic heterocycles. The average Bonchev–Trinajstić information content (AvgIpc) is 3.09. The van der Waals surface area contributed by atoms with Gasteiger partial charge in [0.2, 0.25) is 0 Å². The number of carbonyl (C=O) groups is 1. The van der Waals surface area contributed by atoms with Gasteiger partial charge in [0.15, 0.2) is 5.78 Å². The van der Waals surface area contributed by atoms with Crippen molar-refractivity contribution in [2.75, 3.05) is 20.2 Å². The Bertz CT molecular complexity index is 494. The lowest BCUT2D eigenvalue weighted by Crippen LogP contribution is -2.43. The summed E-state index contributed by atoms with van der Waals surface area (Å²) in [6.07, 6.45) is 7.53. The third-order valence-corrected chi connectivity index (χ3v) is 5.02. The molecule has 1 saturated carbocycles. The molecule has 0 N–H and O–H groups in total. The van der Waals surface area contributed by atoms with E-state index in [0.717, 1.165) is 36.7 Å². The van der Waals surface area contributed by atoms with Crippen molar-refractivity contribution in [1.82, 2.24) is 4.90 Å². The van der Waals surface area contributed by atoms with Gasteiger partial charge in [-0.25, -0.2) is 0 Å². The first-order valence-corrected chi connectivity index (χ1v) is 8.20. The number of Topliss-reactive ketones (excluding diaryl/α,β-unsaturated/α-hetero) is 1. The number of likely N-dealkylation sites (tertiary alicyclic amines) is 1. The molecule has 0 spiro atoms. The van der Waals surface area contributed by atoms with Gasteiger partial charge < -0.3 is 4.74 Å². The highest BCUT2D eigenvalue weighted by atomic mass is 16.5. The van der Waals surface area contributed by atoms with Crippen molar-refractivity contribution in [2.45, 2.75) is 44.6 Å². The number of hydrogen-bond donors (Lipinski definition) is 0. The van der Waals surface area contributed by atoms with Crippen molar-refractivity contribution < 1.29 is 9.53 Å². The van der Waals surface area contributed by atoms with Crippen LogP contribution in [0.25, 0.3) is 0 Å². The van der Waals surface area contributed by atoms with Crippen LogP contribution in [0.3, 0.4) is 0 Å². The number of ketones is 1. The van der Waals surface area contributed by atoms with Gasteiger partial charge in [0.25, 0.3) is 0 Å². The zero-order valence-electron chi connectivity index (χ0n) is 12.9. The van der Waals surface area contributed by atoms with Crippen LogP contribution in [-0.2, 0) is 0 Å². The van der Waals surface area contributed by atoms with E-state index in [2.05, 4.69) is 4.90 Å². The van der Waals surface area contributed by atoms with E-state index in [0.29, 0.717) is 0 Å². The number of hydrogen-bond acceptors (Lipinski definition) is 3. The van der Waals surface area contributed by atoms with Crippen molar-refractivity contribution >= 4 is 5.78 Å². The van der Waals surface area contributed by atoms with Crippen LogP contribution in [0.1, 0.15) is 48.9 Å². The molecule has 1 heterocycles. The van der Waals surface area contributed by atoms with Crippen molar-refractivity contribution in [3.63, 3.8) is 0 Å². The van der Waals surface area contributed by atoms with Crippen LogP contribution in [0.4, 0.5) is 0 Å². The zero-order valence-corrected chi connectivity index (χ0v) is 12.9. The monoisotopic (exact) mass is 287 g/mol. The summed E-state index contributed by atoms with van der Waals surface area (Å²) in [6, 6.07) is 8.31. The molecule has 0 bridgehead atoms. The molecule has 1 aliphatic carbocycles. The van der Waals surface area contributed by atoms with Crippen molar-refractivity contribution in [2.24, 2.45) is 5.92 Å². The molecule has 114 valence electrons. The van der Waals surface area contributed by atoms with Crippen LogP contribution in [0.15, 0.2) is 24.3 Å². The number of benzene rings is 1. The smallest absolute Gasteiger partial charge is 0.167 e. The second kappa shape index (κ2) is 6.61. The minimum absolute atomic E-state index is 0.159. The second-order valence-electron chi connectivity index (χ2n) is 6.37. The molecular weight excluding hydrogens is 262 g/mol. The first-order chi connectivity index (χ1) is 10.3. The third kappa shape index (κ3) is 3.29. The highest BCUT2D eigenvalue weighted by Gasteiger charge is 2.31. The van der Waals surface area contributed by atoms with Crippen molar-refractivity contribution in [3.8, 4) is 5.75 Å². The van der Waals surface area contributed by atoms with Crippen LogP contribution in [-0.4, -0.2) is 36.9 Å². The Balaban J connectivity index is 1.68. The SMILES string of the molecule is COc1cccc(C(=O)C2CCCN(C3CCCC3)C2)c1. The first kappa shape index (κ1) is 14.6. The maximum Gasteiger partial charge on any atom is 0.167 e. The lowest BCUT2D eigenvalue weighted by atomic mass is 9.89. The van der Waals surface area contributed by atoms with Crippen LogP contribution in [0, 0.1) is 5.92 Å². The summed E-state index contributed by atoms with van der Waals surface area (Å²) in [5.74, 6) is 1.22. The van der Waals surface area contributed by atoms with Crippen molar-refractivity contribution in [3.05, 3.63) is 29.8 Å². The first-order valence-electron chi connectivity index (χ1n) is 8.20. The fourth-order valence-electron chi connectivity index (χ4n) is 3.83. The van der Waals surface area contributed by atoms with E-state index in [4.69, 9.17) is 4.74 Å². The van der Waals surface area contributed by atoms with Gasteiger partial charge in [0.05, 0.1) is 7.11 Å². The number of piperidine rings is 1. The van der Waals surface area contributed by atoms with E-state index in [1.807, 2.05) is 24.3 Å². The summed E-state index contributed by atoms with van der Waals surface area (Å²) < 4.78 is 5.23. The molecule has 1 unspecified atom stereocenters. The highest BCUT2D eigenvalue weighted by Crippen LogP contribution is 2.29. The molecule has 1 aromatic carbocycles. The lowest BCUT2D eigenvalue weighted by Gasteiger charge is -2.36. The minimum Gasteiger partial charge on any atom is -0.497 e. The number of methoxy groups -OCH3 is 1. The summed E-state index contributed by atoms with van der Waals surface area (Å²) in [6.45, 7) is 2.12. The van der Waals surface area contributed by atoms with Gasteiger partial charge in [0, 0.05) is 24.1 Å². The Labute approximate surface area is 127 Å². The molecular formula is C18H25NO2. The number of carbonyl (C=O) groups excluding carboxylic acids is 1. The van der Waals surface area contributed by atoms with Gasteiger partial charge in [-0.1, -0.05) is 25.0 Å². The Morgan fingerprint density at radius 3 is 2.76 bits per heavy atom. The third-order valence-electron chi connectivity index (χ3n) is 5.02. The number of ether oxygens (including phenoxy) is 1. The minimum atomic E-state index is 0.159. The summed E-state index contributed by atoms with van der Waals surface area (Å²) in [5, 5.41) is 0. The van der Waals surface area contributed by atoms with E-state index >= 15 is 0 Å². The second-order valence-corrected chi connectivity index (χ2v) is 6.37. The van der Waals surface area contributed by atoms with Crippen molar-refractivity contribution in [1.29, 1.82) is 0 Å². The van der Waals surface area contributed by atoms with Gasteiger partial charge in [-0.2, -0.15) is 0 Å². The predicted octanol–water partition coefficient (Wildman–Crippen LogP) is 3.53. The Morgan fingerprint density at radius 2 is 2.00 bits per heavy atom. The largest absolute Gasteiger partial charge is 0.497 e. The zero-order chi connectivity index (χ0) is 14.7. The Morgan fingerprint density at radius 1 is 1.19 bits per heavy atom. The highest BCUT2D eigenvalue weighted by molar-refractivity contribution is 5.98. The summed E-state index contributed by atoms with van der Waals surface area (Å²) in [5.41, 5.74) is 0.799. The predicted molar refractivity (Wildman–Crippen MR) is 83.9 cm³/mol. The fraction of sp³-hybridized carbons (Fsp3) is 0.611. The fourth-order valence-corrected chi connectivity index (χ4v) is 3.83. The van der Waals surface area contributed by atoms with Gasteiger partial charge in [-0.3, -0.25) is 9.69 Å². The number of nitrogens with zero attached hydrogens (tertiary/aromatic N) is 1. The molecule has 1 saturated heterocycles. The molecule has 21 heavy (non-hydrogen) atoms. The van der Waals surface area contributed by atoms with E-state index in [1.54, 1.807) is 7.11 Å². The number of rotatable bonds is 4. The standard InChI is InChI=1S/C18H25NO2/c1-21-17-10-4-6-14(12-17)18(20)15-7-5-11-19(13-15)16-8-2-3-9-16/h4,6,10,12,15-16H,2-3,5,7-9,11,13H2,1H3. The quantitative estimate of drug-likeness (QED) is 0.793. The topological polar surface area (TPSA) is 29.5 Å². The molecule has 1 aromatic rings. The van der Waals surface area contributed by atoms with Crippen LogP contribution >= 0.6 is 0 Å². The van der Waals surface area contributed by atoms with E-state index in [9.17, 15) is 4.79 Å². The van der Waals surface area contributed by atoms with Gasteiger partial charge in [-0.05, 0) is 44.4 Å². The van der Waals surface area contributed by atoms with Gasteiger partial charge in [-0.15, -0.1) is 0 Å². The van der Waals surface area contributed by atoms with E-state index in [1.165, 1.54) is 32.2 Å². The Kier molecular flexibility index (Phi) is 4.59. The van der Waals surface area contributed by atoms with E-state index in [-0.39, 0.29) is 11.7 Å². The van der Waals surface area contributed by atoms with Crippen LogP contribution < -0.4 is 4.74 Å². The molecule has 0 radical (unpaired) electrons. The molecule has 0 amide bonds. The normalized spacial score (nSPS) is 24.1. The maximum absolute atomic E-state index is 12.7. The molecule has 1 aliphatic heterocycles. The van der Waals surface area contributed by atoms with Crippen LogP contribution in [0.5, 0.6) is 5.75 Å².